The minimum Gasteiger partial charge on any atom is -0.210 e. The quantitative estimate of drug-likeness (QED) is 0.509. The third kappa shape index (κ3) is 2.21. The van der Waals surface area contributed by atoms with Crippen molar-refractivity contribution in [1.29, 1.82) is 0 Å². The summed E-state index contributed by atoms with van der Waals surface area (Å²) >= 11 is 8.61. The van der Waals surface area contributed by atoms with E-state index in [1.54, 1.807) is 18.2 Å². The molecule has 0 unspecified atom stereocenters. The number of halogens is 2. The van der Waals surface area contributed by atoms with E-state index in [0.717, 1.165) is 10.2 Å². The van der Waals surface area contributed by atoms with Gasteiger partial charge < -0.3 is 0 Å². The van der Waals surface area contributed by atoms with Crippen LogP contribution < -0.4 is 0 Å². The molecule has 2 aromatic heterocycles. The van der Waals surface area contributed by atoms with Gasteiger partial charge in [-0.05, 0) is 35.2 Å². The number of hydrogen-bond donors (Lipinski definition) is 0. The highest BCUT2D eigenvalue weighted by Crippen LogP contribution is 2.35. The van der Waals surface area contributed by atoms with Gasteiger partial charge in [-0.1, -0.05) is 23.9 Å². The summed E-state index contributed by atoms with van der Waals surface area (Å²) in [4.78, 5) is 9.63. The fourth-order valence-electron chi connectivity index (χ4n) is 1.51. The summed E-state index contributed by atoms with van der Waals surface area (Å²) in [5, 5.41) is 3.68. The lowest BCUT2D eigenvalue weighted by molar-refractivity contribution is 0.602. The second-order valence-corrected chi connectivity index (χ2v) is 5.73. The molecule has 0 spiro atoms. The van der Waals surface area contributed by atoms with Crippen molar-refractivity contribution in [2.24, 2.45) is 0 Å². The summed E-state index contributed by atoms with van der Waals surface area (Å²) < 4.78 is 13.6. The van der Waals surface area contributed by atoms with Gasteiger partial charge in [0.15, 0.2) is 0 Å². The SMILES string of the molecule is Fc1ccccc1Sc1nc(Cl)nc2sccc12. The average Bonchev–Trinajstić information content (AvgIpc) is 2.80. The average molecular weight is 297 g/mol. The van der Waals surface area contributed by atoms with E-state index in [-0.39, 0.29) is 11.1 Å². The fourth-order valence-corrected chi connectivity index (χ4v) is 3.54. The molecule has 0 saturated carbocycles. The fraction of sp³-hybridized carbons (Fsp3) is 0. The maximum atomic E-state index is 13.6. The van der Waals surface area contributed by atoms with Gasteiger partial charge in [-0.2, -0.15) is 0 Å². The van der Waals surface area contributed by atoms with Crippen LogP contribution in [-0.4, -0.2) is 9.97 Å². The molecule has 0 aliphatic rings. The molecule has 3 rings (SSSR count). The number of rotatable bonds is 2. The monoisotopic (exact) mass is 296 g/mol. The van der Waals surface area contributed by atoms with Gasteiger partial charge in [-0.25, -0.2) is 14.4 Å². The lowest BCUT2D eigenvalue weighted by Gasteiger charge is -2.03. The molecule has 0 N–H and O–H groups in total. The Bertz CT molecular complexity index is 714. The molecule has 3 aromatic rings. The van der Waals surface area contributed by atoms with Gasteiger partial charge in [0, 0.05) is 10.3 Å². The van der Waals surface area contributed by atoms with Crippen molar-refractivity contribution in [2.75, 3.05) is 0 Å². The van der Waals surface area contributed by atoms with Crippen molar-refractivity contribution in [3.05, 3.63) is 46.8 Å². The van der Waals surface area contributed by atoms with Crippen LogP contribution in [0, 0.1) is 5.82 Å². The predicted molar refractivity (Wildman–Crippen MR) is 72.9 cm³/mol. The van der Waals surface area contributed by atoms with Gasteiger partial charge in [0.2, 0.25) is 5.28 Å². The summed E-state index contributed by atoms with van der Waals surface area (Å²) in [6, 6.07) is 8.51. The molecule has 18 heavy (non-hydrogen) atoms. The molecule has 0 amide bonds. The molecule has 0 atom stereocenters. The molecule has 2 nitrogen and oxygen atoms in total. The summed E-state index contributed by atoms with van der Waals surface area (Å²) in [5.41, 5.74) is 0. The van der Waals surface area contributed by atoms with E-state index < -0.39 is 0 Å². The van der Waals surface area contributed by atoms with Gasteiger partial charge >= 0.3 is 0 Å². The van der Waals surface area contributed by atoms with E-state index in [4.69, 9.17) is 11.6 Å². The Morgan fingerprint density at radius 3 is 2.83 bits per heavy atom. The molecular weight excluding hydrogens is 291 g/mol. The molecule has 2 heterocycles. The van der Waals surface area contributed by atoms with Crippen LogP contribution in [0.3, 0.4) is 0 Å². The minimum absolute atomic E-state index is 0.184. The highest BCUT2D eigenvalue weighted by molar-refractivity contribution is 7.99. The van der Waals surface area contributed by atoms with E-state index >= 15 is 0 Å². The first kappa shape index (κ1) is 11.9. The number of fused-ring (bicyclic) bond motifs is 1. The number of benzene rings is 1. The lowest BCUT2D eigenvalue weighted by atomic mass is 10.3. The van der Waals surface area contributed by atoms with Gasteiger partial charge in [0.05, 0.1) is 0 Å². The predicted octanol–water partition coefficient (Wildman–Crippen LogP) is 4.64. The summed E-state index contributed by atoms with van der Waals surface area (Å²) in [6.07, 6.45) is 0. The zero-order valence-electron chi connectivity index (χ0n) is 8.93. The van der Waals surface area contributed by atoms with Crippen molar-refractivity contribution >= 4 is 44.9 Å². The molecular formula is C12H6ClFN2S2. The van der Waals surface area contributed by atoms with Crippen molar-refractivity contribution in [2.45, 2.75) is 9.92 Å². The normalized spacial score (nSPS) is 11.0. The zero-order chi connectivity index (χ0) is 12.5. The van der Waals surface area contributed by atoms with E-state index in [0.29, 0.717) is 9.92 Å². The smallest absolute Gasteiger partial charge is 0.210 e. The Labute approximate surface area is 116 Å². The standard InChI is InChI=1S/C12H6ClFN2S2/c13-12-15-10-7(5-6-17-10)11(16-12)18-9-4-2-1-3-8(9)14/h1-6H. The van der Waals surface area contributed by atoms with Gasteiger partial charge in [0.25, 0.3) is 0 Å². The van der Waals surface area contributed by atoms with Crippen LogP contribution in [0.1, 0.15) is 0 Å². The molecule has 6 heteroatoms. The summed E-state index contributed by atoms with van der Waals surface area (Å²) in [7, 11) is 0. The number of thiophene rings is 1. The molecule has 0 fully saturated rings. The van der Waals surface area contributed by atoms with E-state index in [1.807, 2.05) is 11.4 Å². The van der Waals surface area contributed by atoms with Crippen molar-refractivity contribution in [3.63, 3.8) is 0 Å². The molecule has 1 aromatic carbocycles. The largest absolute Gasteiger partial charge is 0.224 e. The molecule has 0 radical (unpaired) electrons. The maximum Gasteiger partial charge on any atom is 0.224 e. The topological polar surface area (TPSA) is 25.8 Å². The van der Waals surface area contributed by atoms with E-state index in [1.165, 1.54) is 29.2 Å². The van der Waals surface area contributed by atoms with Crippen LogP contribution in [0.2, 0.25) is 5.28 Å². The van der Waals surface area contributed by atoms with E-state index in [2.05, 4.69) is 9.97 Å². The Balaban J connectivity index is 2.10. The molecule has 0 bridgehead atoms. The van der Waals surface area contributed by atoms with Crippen molar-refractivity contribution in [3.8, 4) is 0 Å². The second kappa shape index (κ2) is 4.84. The highest BCUT2D eigenvalue weighted by atomic mass is 35.5. The minimum atomic E-state index is -0.263. The van der Waals surface area contributed by atoms with Crippen molar-refractivity contribution in [1.82, 2.24) is 9.97 Å². The first-order chi connectivity index (χ1) is 8.74. The molecule has 0 aliphatic heterocycles. The number of aromatic nitrogens is 2. The van der Waals surface area contributed by atoms with Crippen LogP contribution in [0.5, 0.6) is 0 Å². The first-order valence-corrected chi connectivity index (χ1v) is 7.14. The zero-order valence-corrected chi connectivity index (χ0v) is 11.3. The van der Waals surface area contributed by atoms with Gasteiger partial charge in [-0.3, -0.25) is 0 Å². The maximum absolute atomic E-state index is 13.6. The van der Waals surface area contributed by atoms with Gasteiger partial charge in [-0.15, -0.1) is 11.3 Å². The third-order valence-corrected chi connectivity index (χ3v) is 4.34. The highest BCUT2D eigenvalue weighted by Gasteiger charge is 2.11. The van der Waals surface area contributed by atoms with Crippen LogP contribution in [0.25, 0.3) is 10.2 Å². The lowest BCUT2D eigenvalue weighted by Crippen LogP contribution is -1.87. The van der Waals surface area contributed by atoms with Crippen LogP contribution in [0.15, 0.2) is 45.6 Å². The summed E-state index contributed by atoms with van der Waals surface area (Å²) in [5.74, 6) is -0.263. The Morgan fingerprint density at radius 1 is 1.17 bits per heavy atom. The van der Waals surface area contributed by atoms with Crippen molar-refractivity contribution < 1.29 is 4.39 Å². The van der Waals surface area contributed by atoms with Crippen LogP contribution >= 0.6 is 34.7 Å². The van der Waals surface area contributed by atoms with Gasteiger partial charge in [0.1, 0.15) is 15.7 Å². The van der Waals surface area contributed by atoms with Crippen LogP contribution in [0.4, 0.5) is 4.39 Å². The Morgan fingerprint density at radius 2 is 2.00 bits per heavy atom. The Kier molecular flexibility index (Phi) is 3.20. The number of nitrogens with zero attached hydrogens (tertiary/aromatic N) is 2. The van der Waals surface area contributed by atoms with E-state index in [9.17, 15) is 4.39 Å². The molecule has 0 saturated heterocycles. The molecule has 90 valence electrons. The first-order valence-electron chi connectivity index (χ1n) is 5.07. The second-order valence-electron chi connectivity index (χ2n) is 3.47. The third-order valence-electron chi connectivity index (χ3n) is 2.31. The molecule has 0 aliphatic carbocycles. The Hall–Kier alpha value is -1.17. The van der Waals surface area contributed by atoms with Crippen LogP contribution in [-0.2, 0) is 0 Å². The number of hydrogen-bond acceptors (Lipinski definition) is 4. The summed E-state index contributed by atoms with van der Waals surface area (Å²) in [6.45, 7) is 0.